The van der Waals surface area contributed by atoms with Crippen molar-refractivity contribution in [2.24, 2.45) is 0 Å². The van der Waals surface area contributed by atoms with Crippen molar-refractivity contribution in [3.05, 3.63) is 65.2 Å². The van der Waals surface area contributed by atoms with Crippen LogP contribution in [0.15, 0.2) is 53.4 Å². The number of amides is 1. The molecule has 0 spiro atoms. The molecule has 1 atom stereocenters. The van der Waals surface area contributed by atoms with Crippen molar-refractivity contribution in [3.63, 3.8) is 0 Å². The monoisotopic (exact) mass is 313 g/mol. The van der Waals surface area contributed by atoms with Crippen LogP contribution in [-0.4, -0.2) is 11.7 Å². The number of carbonyl (C=O) groups is 1. The van der Waals surface area contributed by atoms with Crippen molar-refractivity contribution in [3.8, 4) is 0 Å². The molecule has 0 aromatic heterocycles. The highest BCUT2D eigenvalue weighted by atomic mass is 32.2. The molecule has 1 unspecified atom stereocenters. The van der Waals surface area contributed by atoms with Gasteiger partial charge in [-0.2, -0.15) is 0 Å². The maximum atomic E-state index is 12.1. The van der Waals surface area contributed by atoms with Crippen molar-refractivity contribution in [1.82, 2.24) is 5.32 Å². The van der Waals surface area contributed by atoms with E-state index in [1.165, 1.54) is 21.6 Å². The maximum absolute atomic E-state index is 12.1. The lowest BCUT2D eigenvalue weighted by molar-refractivity contribution is -0.121. The second-order valence-corrected chi connectivity index (χ2v) is 6.73. The van der Waals surface area contributed by atoms with Gasteiger partial charge >= 0.3 is 0 Å². The molecule has 2 nitrogen and oxygen atoms in total. The molecule has 0 radical (unpaired) electrons. The Morgan fingerprint density at radius 1 is 1.09 bits per heavy atom. The molecule has 0 saturated heterocycles. The van der Waals surface area contributed by atoms with Gasteiger partial charge in [-0.3, -0.25) is 4.79 Å². The third-order valence-corrected chi connectivity index (χ3v) is 4.67. The molecular formula is C19H23NOS. The van der Waals surface area contributed by atoms with Crippen LogP contribution in [0.1, 0.15) is 36.1 Å². The van der Waals surface area contributed by atoms with Crippen LogP contribution in [0.3, 0.4) is 0 Å². The highest BCUT2D eigenvalue weighted by Gasteiger charge is 2.11. The van der Waals surface area contributed by atoms with Crippen LogP contribution in [0.2, 0.25) is 0 Å². The average molecular weight is 313 g/mol. The van der Waals surface area contributed by atoms with Crippen molar-refractivity contribution in [2.45, 2.75) is 38.1 Å². The zero-order chi connectivity index (χ0) is 15.9. The van der Waals surface area contributed by atoms with Gasteiger partial charge < -0.3 is 5.32 Å². The van der Waals surface area contributed by atoms with E-state index in [1.54, 1.807) is 11.8 Å². The number of hydrogen-bond donors (Lipinski definition) is 1. The fourth-order valence-corrected chi connectivity index (χ4v) is 3.21. The molecular weight excluding hydrogens is 290 g/mol. The van der Waals surface area contributed by atoms with Gasteiger partial charge in [-0.05, 0) is 44.0 Å². The second kappa shape index (κ2) is 8.04. The number of nitrogens with one attached hydrogen (secondary N) is 1. The third kappa shape index (κ3) is 4.92. The number of benzene rings is 2. The Labute approximate surface area is 137 Å². The van der Waals surface area contributed by atoms with Gasteiger partial charge in [0.1, 0.15) is 0 Å². The summed E-state index contributed by atoms with van der Waals surface area (Å²) in [6.07, 6.45) is 0.536. The molecule has 0 heterocycles. The molecule has 1 amide bonds. The first-order valence-electron chi connectivity index (χ1n) is 7.60. The summed E-state index contributed by atoms with van der Waals surface area (Å²) in [5.41, 5.74) is 3.65. The van der Waals surface area contributed by atoms with Crippen molar-refractivity contribution >= 4 is 17.7 Å². The number of thioether (sulfide) groups is 1. The van der Waals surface area contributed by atoms with Gasteiger partial charge in [0.2, 0.25) is 5.91 Å². The SMILES string of the molecule is Cc1ccc(SCCC(=O)NC(C)c2ccccc2C)cc1. The fourth-order valence-electron chi connectivity index (χ4n) is 2.36. The van der Waals surface area contributed by atoms with E-state index in [4.69, 9.17) is 0 Å². The summed E-state index contributed by atoms with van der Waals surface area (Å²) >= 11 is 1.72. The number of aryl methyl sites for hydroxylation is 2. The first kappa shape index (κ1) is 16.6. The molecule has 0 saturated carbocycles. The van der Waals surface area contributed by atoms with Gasteiger partial charge in [0, 0.05) is 17.1 Å². The average Bonchev–Trinajstić information content (AvgIpc) is 2.49. The summed E-state index contributed by atoms with van der Waals surface area (Å²) in [6, 6.07) is 16.6. The Hall–Kier alpha value is -1.74. The Balaban J connectivity index is 1.78. The Kier molecular flexibility index (Phi) is 6.08. The van der Waals surface area contributed by atoms with E-state index in [9.17, 15) is 4.79 Å². The molecule has 22 heavy (non-hydrogen) atoms. The Morgan fingerprint density at radius 2 is 1.77 bits per heavy atom. The highest BCUT2D eigenvalue weighted by Crippen LogP contribution is 2.20. The molecule has 116 valence electrons. The first-order chi connectivity index (χ1) is 10.6. The number of carbonyl (C=O) groups excluding carboxylic acids is 1. The van der Waals surface area contributed by atoms with E-state index in [-0.39, 0.29) is 11.9 Å². The zero-order valence-electron chi connectivity index (χ0n) is 13.4. The van der Waals surface area contributed by atoms with E-state index in [0.717, 1.165) is 5.75 Å². The molecule has 0 fully saturated rings. The summed E-state index contributed by atoms with van der Waals surface area (Å²) in [6.45, 7) is 6.19. The normalized spacial score (nSPS) is 12.0. The van der Waals surface area contributed by atoms with Crippen LogP contribution in [0.25, 0.3) is 0 Å². The van der Waals surface area contributed by atoms with Crippen molar-refractivity contribution in [1.29, 1.82) is 0 Å². The van der Waals surface area contributed by atoms with Crippen LogP contribution in [-0.2, 0) is 4.79 Å². The van der Waals surface area contributed by atoms with Crippen LogP contribution in [0.5, 0.6) is 0 Å². The largest absolute Gasteiger partial charge is 0.350 e. The van der Waals surface area contributed by atoms with E-state index < -0.39 is 0 Å². The zero-order valence-corrected chi connectivity index (χ0v) is 14.2. The molecule has 0 bridgehead atoms. The van der Waals surface area contributed by atoms with E-state index >= 15 is 0 Å². The second-order valence-electron chi connectivity index (χ2n) is 5.56. The lowest BCUT2D eigenvalue weighted by Gasteiger charge is -2.16. The lowest BCUT2D eigenvalue weighted by atomic mass is 10.0. The van der Waals surface area contributed by atoms with Crippen LogP contribution < -0.4 is 5.32 Å². The summed E-state index contributed by atoms with van der Waals surface area (Å²) in [5, 5.41) is 3.08. The fraction of sp³-hybridized carbons (Fsp3) is 0.316. The molecule has 3 heteroatoms. The van der Waals surface area contributed by atoms with Gasteiger partial charge in [0.15, 0.2) is 0 Å². The summed E-state index contributed by atoms with van der Waals surface area (Å²) < 4.78 is 0. The summed E-state index contributed by atoms with van der Waals surface area (Å²) in [4.78, 5) is 13.3. The first-order valence-corrected chi connectivity index (χ1v) is 8.59. The molecule has 2 aromatic rings. The molecule has 2 rings (SSSR count). The minimum absolute atomic E-state index is 0.0538. The predicted octanol–water partition coefficient (Wildman–Crippen LogP) is 4.66. The van der Waals surface area contributed by atoms with E-state index in [0.29, 0.717) is 6.42 Å². The minimum atomic E-state index is 0.0538. The van der Waals surface area contributed by atoms with E-state index in [1.807, 2.05) is 19.1 Å². The summed E-state index contributed by atoms with van der Waals surface area (Å²) in [5.74, 6) is 0.908. The number of hydrogen-bond acceptors (Lipinski definition) is 2. The van der Waals surface area contributed by atoms with Crippen LogP contribution in [0.4, 0.5) is 0 Å². The Morgan fingerprint density at radius 3 is 2.45 bits per heavy atom. The molecule has 0 aliphatic rings. The minimum Gasteiger partial charge on any atom is -0.350 e. The smallest absolute Gasteiger partial charge is 0.221 e. The van der Waals surface area contributed by atoms with Crippen LogP contribution in [0, 0.1) is 13.8 Å². The van der Waals surface area contributed by atoms with Gasteiger partial charge in [-0.25, -0.2) is 0 Å². The van der Waals surface area contributed by atoms with Gasteiger partial charge in [0.05, 0.1) is 6.04 Å². The van der Waals surface area contributed by atoms with Crippen LogP contribution >= 0.6 is 11.8 Å². The molecule has 2 aromatic carbocycles. The highest BCUT2D eigenvalue weighted by molar-refractivity contribution is 7.99. The van der Waals surface area contributed by atoms with Crippen molar-refractivity contribution in [2.75, 3.05) is 5.75 Å². The third-order valence-electron chi connectivity index (χ3n) is 3.65. The molecule has 1 N–H and O–H groups in total. The molecule has 0 aliphatic heterocycles. The summed E-state index contributed by atoms with van der Waals surface area (Å²) in [7, 11) is 0. The van der Waals surface area contributed by atoms with Gasteiger partial charge in [-0.1, -0.05) is 42.0 Å². The van der Waals surface area contributed by atoms with Crippen molar-refractivity contribution < 1.29 is 4.79 Å². The number of rotatable bonds is 6. The lowest BCUT2D eigenvalue weighted by Crippen LogP contribution is -2.27. The van der Waals surface area contributed by atoms with Gasteiger partial charge in [0.25, 0.3) is 0 Å². The standard InChI is InChI=1S/C19H23NOS/c1-14-8-10-17(11-9-14)22-13-12-19(21)20-16(3)18-7-5-4-6-15(18)2/h4-11,16H,12-13H2,1-3H3,(H,20,21). The van der Waals surface area contributed by atoms with E-state index in [2.05, 4.69) is 55.6 Å². The maximum Gasteiger partial charge on any atom is 0.221 e. The van der Waals surface area contributed by atoms with Gasteiger partial charge in [-0.15, -0.1) is 11.8 Å². The molecule has 0 aliphatic carbocycles. The Bertz CT molecular complexity index is 622. The topological polar surface area (TPSA) is 29.1 Å². The quantitative estimate of drug-likeness (QED) is 0.786. The predicted molar refractivity (Wildman–Crippen MR) is 94.3 cm³/mol.